The molecule has 0 spiro atoms. The highest BCUT2D eigenvalue weighted by Gasteiger charge is 2.17. The van der Waals surface area contributed by atoms with Gasteiger partial charge >= 0.3 is 0 Å². The van der Waals surface area contributed by atoms with Gasteiger partial charge in [-0.2, -0.15) is 0 Å². The molecule has 210 valence electrons. The smallest absolute Gasteiger partial charge is 0.165 e. The third-order valence-corrected chi connectivity index (χ3v) is 9.57. The van der Waals surface area contributed by atoms with Crippen molar-refractivity contribution in [1.29, 1.82) is 0 Å². The van der Waals surface area contributed by atoms with Gasteiger partial charge in [-0.1, -0.05) is 97.1 Å². The van der Waals surface area contributed by atoms with Crippen LogP contribution in [0.5, 0.6) is 0 Å². The molecule has 3 heterocycles. The van der Waals surface area contributed by atoms with Crippen LogP contribution in [0.1, 0.15) is 0 Å². The Hall–Kier alpha value is -5.78. The van der Waals surface area contributed by atoms with Crippen LogP contribution < -0.4 is 0 Å². The fourth-order valence-electron chi connectivity index (χ4n) is 6.09. The van der Waals surface area contributed by atoms with Crippen LogP contribution in [-0.2, 0) is 0 Å². The summed E-state index contributed by atoms with van der Waals surface area (Å²) in [6, 6.07) is 48.7. The third-order valence-electron chi connectivity index (χ3n) is 8.35. The largest absolute Gasteiger partial charge is 0.256 e. The van der Waals surface area contributed by atoms with Crippen molar-refractivity contribution in [3.05, 3.63) is 146 Å². The molecule has 9 aromatic rings. The second-order valence-electron chi connectivity index (χ2n) is 11.1. The predicted molar refractivity (Wildman–Crippen MR) is 187 cm³/mol. The zero-order valence-electron chi connectivity index (χ0n) is 24.1. The number of fused-ring (bicyclic) bond motifs is 5. The van der Waals surface area contributed by atoms with Crippen LogP contribution in [0.3, 0.4) is 0 Å². The normalized spacial score (nSPS) is 11.6. The molecule has 4 nitrogen and oxygen atoms in total. The lowest BCUT2D eigenvalue weighted by atomic mass is 9.98. The number of benzene rings is 6. The second kappa shape index (κ2) is 10.4. The molecule has 0 atom stereocenters. The second-order valence-corrected chi connectivity index (χ2v) is 12.2. The molecule has 45 heavy (non-hydrogen) atoms. The van der Waals surface area contributed by atoms with Crippen LogP contribution in [0, 0.1) is 0 Å². The van der Waals surface area contributed by atoms with Gasteiger partial charge in [-0.3, -0.25) is 4.98 Å². The van der Waals surface area contributed by atoms with Gasteiger partial charge in [0.1, 0.15) is 0 Å². The Morgan fingerprint density at radius 3 is 2.00 bits per heavy atom. The van der Waals surface area contributed by atoms with Gasteiger partial charge < -0.3 is 0 Å². The van der Waals surface area contributed by atoms with Gasteiger partial charge in [-0.25, -0.2) is 15.0 Å². The van der Waals surface area contributed by atoms with Crippen molar-refractivity contribution in [1.82, 2.24) is 19.9 Å². The molecule has 0 radical (unpaired) electrons. The highest BCUT2D eigenvalue weighted by Crippen LogP contribution is 2.39. The Labute approximate surface area is 263 Å². The maximum atomic E-state index is 5.12. The molecule has 0 aliphatic heterocycles. The first-order valence-corrected chi connectivity index (χ1v) is 15.7. The summed E-state index contributed by atoms with van der Waals surface area (Å²) in [6.07, 6.45) is 1.83. The first kappa shape index (κ1) is 25.7. The van der Waals surface area contributed by atoms with E-state index in [2.05, 4.69) is 120 Å². The first-order valence-electron chi connectivity index (χ1n) is 14.9. The van der Waals surface area contributed by atoms with E-state index in [1.165, 1.54) is 20.2 Å². The average molecular weight is 593 g/mol. The summed E-state index contributed by atoms with van der Waals surface area (Å²) in [4.78, 5) is 19.7. The van der Waals surface area contributed by atoms with Crippen molar-refractivity contribution in [3.63, 3.8) is 0 Å². The van der Waals surface area contributed by atoms with Gasteiger partial charge in [0.25, 0.3) is 0 Å². The molecule has 5 heteroatoms. The summed E-state index contributed by atoms with van der Waals surface area (Å²) in [7, 11) is 0. The Morgan fingerprint density at radius 2 is 1.11 bits per heavy atom. The molecule has 0 amide bonds. The van der Waals surface area contributed by atoms with Crippen LogP contribution in [0.2, 0.25) is 0 Å². The van der Waals surface area contributed by atoms with Gasteiger partial charge in [0.15, 0.2) is 17.5 Å². The molecule has 0 N–H and O–H groups in total. The molecule has 3 aromatic heterocycles. The van der Waals surface area contributed by atoms with Gasteiger partial charge in [0.2, 0.25) is 0 Å². The molecule has 9 rings (SSSR count). The SMILES string of the molecule is c1ccc(-c2nc(-c3ccc4ccc(-c5ccc6ncccc6c5)cc4c3)nc(-c3cccc4c3sc3ccccc34)n2)cc1. The van der Waals surface area contributed by atoms with E-state index in [1.54, 1.807) is 11.3 Å². The monoisotopic (exact) mass is 592 g/mol. The minimum atomic E-state index is 0.654. The molecule has 0 saturated carbocycles. The van der Waals surface area contributed by atoms with E-state index in [4.69, 9.17) is 15.0 Å². The number of aromatic nitrogens is 4. The average Bonchev–Trinajstić information content (AvgIpc) is 3.50. The first-order chi connectivity index (χ1) is 22.3. The van der Waals surface area contributed by atoms with Crippen LogP contribution >= 0.6 is 11.3 Å². The van der Waals surface area contributed by atoms with Crippen LogP contribution in [0.25, 0.3) is 87.1 Å². The van der Waals surface area contributed by atoms with Crippen molar-refractivity contribution < 1.29 is 0 Å². The minimum absolute atomic E-state index is 0.654. The molecular formula is C40H24N4S. The lowest BCUT2D eigenvalue weighted by Gasteiger charge is -2.10. The van der Waals surface area contributed by atoms with Crippen molar-refractivity contribution in [2.24, 2.45) is 0 Å². The van der Waals surface area contributed by atoms with E-state index in [9.17, 15) is 0 Å². The summed E-state index contributed by atoms with van der Waals surface area (Å²) in [5.41, 5.74) is 6.24. The number of nitrogens with zero attached hydrogens (tertiary/aromatic N) is 4. The minimum Gasteiger partial charge on any atom is -0.256 e. The van der Waals surface area contributed by atoms with E-state index in [1.807, 2.05) is 30.5 Å². The van der Waals surface area contributed by atoms with Gasteiger partial charge in [0.05, 0.1) is 5.52 Å². The van der Waals surface area contributed by atoms with Gasteiger partial charge in [-0.15, -0.1) is 11.3 Å². The fourth-order valence-corrected chi connectivity index (χ4v) is 7.30. The Balaban J connectivity index is 1.21. The van der Waals surface area contributed by atoms with Crippen molar-refractivity contribution in [3.8, 4) is 45.3 Å². The summed E-state index contributed by atoms with van der Waals surface area (Å²) >= 11 is 1.78. The highest BCUT2D eigenvalue weighted by molar-refractivity contribution is 7.26. The highest BCUT2D eigenvalue weighted by atomic mass is 32.1. The summed E-state index contributed by atoms with van der Waals surface area (Å²) in [5.74, 6) is 1.99. The molecule has 0 aliphatic carbocycles. The summed E-state index contributed by atoms with van der Waals surface area (Å²) in [6.45, 7) is 0. The van der Waals surface area contributed by atoms with E-state index in [-0.39, 0.29) is 0 Å². The molecule has 0 bridgehead atoms. The van der Waals surface area contributed by atoms with E-state index in [0.29, 0.717) is 17.5 Å². The molecule has 0 unspecified atom stereocenters. The molecule has 0 aliphatic rings. The quantitative estimate of drug-likeness (QED) is 0.204. The predicted octanol–water partition coefficient (Wildman–Crippen LogP) is 10.6. The summed E-state index contributed by atoms with van der Waals surface area (Å²) < 4.78 is 2.44. The molecular weight excluding hydrogens is 569 g/mol. The van der Waals surface area contributed by atoms with Gasteiger partial charge in [-0.05, 0) is 64.4 Å². The standard InChI is InChI=1S/C40H24N4S/c1-2-8-26(9-3-1)38-42-39(44-40(43-38)34-13-6-12-33-32-11-4-5-14-36(32)45-37(33)34)30-18-16-25-15-17-27(23-31(25)24-30)28-19-20-35-29(22-28)10-7-21-41-35/h1-24H. The molecule has 0 fully saturated rings. The topological polar surface area (TPSA) is 51.6 Å². The van der Waals surface area contributed by atoms with Crippen LogP contribution in [0.15, 0.2) is 146 Å². The Bertz CT molecular complexity index is 2550. The maximum Gasteiger partial charge on any atom is 0.165 e. The maximum absolute atomic E-state index is 5.12. The van der Waals surface area contributed by atoms with Crippen molar-refractivity contribution in [2.75, 3.05) is 0 Å². The molecule has 6 aromatic carbocycles. The zero-order chi connectivity index (χ0) is 29.7. The number of hydrogen-bond donors (Lipinski definition) is 0. The number of pyridine rings is 1. The van der Waals surface area contributed by atoms with E-state index >= 15 is 0 Å². The summed E-state index contributed by atoms with van der Waals surface area (Å²) in [5, 5.41) is 5.90. The van der Waals surface area contributed by atoms with E-state index < -0.39 is 0 Å². The lowest BCUT2D eigenvalue weighted by Crippen LogP contribution is -2.00. The van der Waals surface area contributed by atoms with Crippen molar-refractivity contribution in [2.45, 2.75) is 0 Å². The Morgan fingerprint density at radius 1 is 0.422 bits per heavy atom. The Kier molecular flexibility index (Phi) is 5.96. The molecule has 0 saturated heterocycles. The number of hydrogen-bond acceptors (Lipinski definition) is 5. The van der Waals surface area contributed by atoms with Crippen molar-refractivity contribution >= 4 is 53.2 Å². The zero-order valence-corrected chi connectivity index (χ0v) is 24.9. The van der Waals surface area contributed by atoms with E-state index in [0.717, 1.165) is 49.5 Å². The van der Waals surface area contributed by atoms with Crippen LogP contribution in [0.4, 0.5) is 0 Å². The van der Waals surface area contributed by atoms with Gasteiger partial charge in [0, 0.05) is 48.4 Å². The van der Waals surface area contributed by atoms with Crippen LogP contribution in [-0.4, -0.2) is 19.9 Å². The fraction of sp³-hybridized carbons (Fsp3) is 0. The lowest BCUT2D eigenvalue weighted by molar-refractivity contribution is 1.08. The third kappa shape index (κ3) is 4.53. The number of rotatable bonds is 4. The number of thiophene rings is 1.